The molecule has 0 spiro atoms. The van der Waals surface area contributed by atoms with Crippen LogP contribution in [0.5, 0.6) is 5.75 Å². The van der Waals surface area contributed by atoms with E-state index in [-0.39, 0.29) is 11.7 Å². The van der Waals surface area contributed by atoms with Crippen LogP contribution >= 0.6 is 11.8 Å². The van der Waals surface area contributed by atoms with Crippen molar-refractivity contribution >= 4 is 28.9 Å². The smallest absolute Gasteiger partial charge is 0.234 e. The molecular formula is C23H22N4O2S. The van der Waals surface area contributed by atoms with Gasteiger partial charge >= 0.3 is 0 Å². The highest BCUT2D eigenvalue weighted by Gasteiger charge is 2.12. The van der Waals surface area contributed by atoms with Crippen LogP contribution in [0.3, 0.4) is 0 Å². The fourth-order valence-electron chi connectivity index (χ4n) is 3.06. The molecule has 0 aliphatic heterocycles. The van der Waals surface area contributed by atoms with Gasteiger partial charge in [0.15, 0.2) is 0 Å². The van der Waals surface area contributed by atoms with Crippen LogP contribution in [0.2, 0.25) is 0 Å². The molecule has 30 heavy (non-hydrogen) atoms. The zero-order chi connectivity index (χ0) is 21.1. The van der Waals surface area contributed by atoms with Crippen molar-refractivity contribution in [3.63, 3.8) is 0 Å². The molecule has 1 N–H and O–H groups in total. The number of aryl methyl sites for hydroxylation is 2. The first kappa shape index (κ1) is 20.0. The number of rotatable bonds is 6. The van der Waals surface area contributed by atoms with Gasteiger partial charge in [-0.25, -0.2) is 9.50 Å². The monoisotopic (exact) mass is 418 g/mol. The van der Waals surface area contributed by atoms with Gasteiger partial charge < -0.3 is 10.1 Å². The van der Waals surface area contributed by atoms with E-state index in [1.54, 1.807) is 17.8 Å². The predicted molar refractivity (Wildman–Crippen MR) is 120 cm³/mol. The third-order valence-electron chi connectivity index (χ3n) is 4.87. The average Bonchev–Trinajstić information content (AvgIpc) is 3.20. The lowest BCUT2D eigenvalue weighted by molar-refractivity contribution is -0.113. The van der Waals surface area contributed by atoms with Crippen molar-refractivity contribution in [2.45, 2.75) is 18.9 Å². The molecule has 0 aliphatic rings. The second-order valence-electron chi connectivity index (χ2n) is 6.96. The van der Waals surface area contributed by atoms with Crippen LogP contribution in [0.4, 0.5) is 5.69 Å². The summed E-state index contributed by atoms with van der Waals surface area (Å²) in [5, 5.41) is 8.35. The molecule has 0 bridgehead atoms. The zero-order valence-corrected chi connectivity index (χ0v) is 17.9. The number of nitrogens with zero attached hydrogens (tertiary/aromatic N) is 3. The summed E-state index contributed by atoms with van der Waals surface area (Å²) in [7, 11) is 1.64. The lowest BCUT2D eigenvalue weighted by Gasteiger charge is -2.07. The van der Waals surface area contributed by atoms with Crippen LogP contribution in [0.1, 0.15) is 11.1 Å². The molecule has 2 aromatic heterocycles. The van der Waals surface area contributed by atoms with Crippen molar-refractivity contribution in [1.82, 2.24) is 14.6 Å². The maximum atomic E-state index is 12.4. The fourth-order valence-corrected chi connectivity index (χ4v) is 3.84. The molecule has 0 saturated heterocycles. The van der Waals surface area contributed by atoms with Crippen LogP contribution in [0, 0.1) is 13.8 Å². The third-order valence-corrected chi connectivity index (χ3v) is 5.87. The van der Waals surface area contributed by atoms with E-state index in [4.69, 9.17) is 4.74 Å². The van der Waals surface area contributed by atoms with E-state index in [1.165, 1.54) is 17.3 Å². The molecule has 0 fully saturated rings. The summed E-state index contributed by atoms with van der Waals surface area (Å²) in [4.78, 5) is 16.9. The summed E-state index contributed by atoms with van der Waals surface area (Å²) in [5.41, 5.74) is 5.85. The van der Waals surface area contributed by atoms with Crippen LogP contribution in [-0.4, -0.2) is 33.4 Å². The first-order valence-corrected chi connectivity index (χ1v) is 10.5. The van der Waals surface area contributed by atoms with Gasteiger partial charge in [-0.2, -0.15) is 5.10 Å². The molecule has 2 aromatic carbocycles. The summed E-state index contributed by atoms with van der Waals surface area (Å²) in [5.74, 6) is 1.000. The highest BCUT2D eigenvalue weighted by atomic mass is 32.2. The maximum Gasteiger partial charge on any atom is 0.234 e. The summed E-state index contributed by atoms with van der Waals surface area (Å²) >= 11 is 1.40. The van der Waals surface area contributed by atoms with Gasteiger partial charge in [-0.3, -0.25) is 4.79 Å². The van der Waals surface area contributed by atoms with Crippen molar-refractivity contribution in [2.24, 2.45) is 0 Å². The van der Waals surface area contributed by atoms with Gasteiger partial charge in [0.05, 0.1) is 24.1 Å². The molecule has 1 amide bonds. The molecule has 0 atom stereocenters. The van der Waals surface area contributed by atoms with Crippen molar-refractivity contribution < 1.29 is 9.53 Å². The van der Waals surface area contributed by atoms with Crippen molar-refractivity contribution in [1.29, 1.82) is 0 Å². The Balaban J connectivity index is 1.49. The molecule has 0 radical (unpaired) electrons. The Morgan fingerprint density at radius 2 is 1.90 bits per heavy atom. The summed E-state index contributed by atoms with van der Waals surface area (Å²) < 4.78 is 7.00. The molecule has 152 valence electrons. The number of fused-ring (bicyclic) bond motifs is 1. The van der Waals surface area contributed by atoms with E-state index in [0.29, 0.717) is 0 Å². The lowest BCUT2D eigenvalue weighted by Crippen LogP contribution is -2.14. The number of ether oxygens (including phenoxy) is 1. The average molecular weight is 419 g/mol. The minimum atomic E-state index is -0.0676. The van der Waals surface area contributed by atoms with Crippen molar-refractivity contribution in [3.05, 3.63) is 72.1 Å². The Hall–Kier alpha value is -3.32. The molecule has 7 heteroatoms. The highest BCUT2D eigenvalue weighted by molar-refractivity contribution is 8.00. The van der Waals surface area contributed by atoms with E-state index in [9.17, 15) is 4.79 Å². The minimum Gasteiger partial charge on any atom is -0.497 e. The number of amides is 1. The van der Waals surface area contributed by atoms with Gasteiger partial charge in [0.2, 0.25) is 5.91 Å². The number of carbonyl (C=O) groups excluding carboxylic acids is 1. The number of hydrogen-bond acceptors (Lipinski definition) is 5. The molecule has 0 unspecified atom stereocenters. The molecule has 0 saturated carbocycles. The largest absolute Gasteiger partial charge is 0.497 e. The number of nitrogens with one attached hydrogen (secondary N) is 1. The first-order chi connectivity index (χ1) is 14.5. The second-order valence-corrected chi connectivity index (χ2v) is 7.92. The van der Waals surface area contributed by atoms with Gasteiger partial charge in [0.1, 0.15) is 10.8 Å². The topological polar surface area (TPSA) is 68.5 Å². The molecule has 4 rings (SSSR count). The normalized spacial score (nSPS) is 10.9. The molecule has 4 aromatic rings. The minimum absolute atomic E-state index is 0.0676. The predicted octanol–water partition coefficient (Wildman–Crippen LogP) is 4.75. The standard InChI is InChI=1S/C23H22N4O2S/c1-15-4-7-18(12-16(15)2)25-22(28)14-30-23-21-13-20(26-27(21)11-10-24-23)17-5-8-19(29-3)9-6-17/h4-13H,14H2,1-3H3,(H,25,28). The van der Waals surface area contributed by atoms with E-state index in [2.05, 4.69) is 22.3 Å². The number of thioether (sulfide) groups is 1. The van der Waals surface area contributed by atoms with Crippen LogP contribution in [-0.2, 0) is 4.79 Å². The third kappa shape index (κ3) is 4.31. The summed E-state index contributed by atoms with van der Waals surface area (Å²) in [6, 6.07) is 15.6. The Morgan fingerprint density at radius 3 is 2.63 bits per heavy atom. The fraction of sp³-hybridized carbons (Fsp3) is 0.174. The number of aromatic nitrogens is 3. The molecule has 0 aliphatic carbocycles. The number of carbonyl (C=O) groups is 1. The van der Waals surface area contributed by atoms with E-state index < -0.39 is 0 Å². The number of hydrogen-bond donors (Lipinski definition) is 1. The SMILES string of the molecule is COc1ccc(-c2cc3c(SCC(=O)Nc4ccc(C)c(C)c4)nccn3n2)cc1. The maximum absolute atomic E-state index is 12.4. The van der Waals surface area contributed by atoms with Gasteiger partial charge in [-0.15, -0.1) is 0 Å². The number of methoxy groups -OCH3 is 1. The van der Waals surface area contributed by atoms with Gasteiger partial charge in [0.25, 0.3) is 0 Å². The molecule has 2 heterocycles. The van der Waals surface area contributed by atoms with Gasteiger partial charge in [-0.05, 0) is 67.4 Å². The van der Waals surface area contributed by atoms with Gasteiger partial charge in [-0.1, -0.05) is 17.8 Å². The molecule has 6 nitrogen and oxygen atoms in total. The summed E-state index contributed by atoms with van der Waals surface area (Å²) in [6.45, 7) is 4.08. The Morgan fingerprint density at radius 1 is 1.10 bits per heavy atom. The Bertz CT molecular complexity index is 1200. The quantitative estimate of drug-likeness (QED) is 0.458. The van der Waals surface area contributed by atoms with Crippen LogP contribution < -0.4 is 10.1 Å². The first-order valence-electron chi connectivity index (χ1n) is 9.52. The Labute approximate surface area is 179 Å². The van der Waals surface area contributed by atoms with E-state index >= 15 is 0 Å². The van der Waals surface area contributed by atoms with E-state index in [0.717, 1.165) is 38.8 Å². The second kappa shape index (κ2) is 8.59. The zero-order valence-electron chi connectivity index (χ0n) is 17.0. The number of benzene rings is 2. The molecular weight excluding hydrogens is 396 g/mol. The van der Waals surface area contributed by atoms with Gasteiger partial charge in [0, 0.05) is 23.6 Å². The van der Waals surface area contributed by atoms with Crippen LogP contribution in [0.15, 0.2) is 66.0 Å². The van der Waals surface area contributed by atoms with Crippen LogP contribution in [0.25, 0.3) is 16.8 Å². The van der Waals surface area contributed by atoms with Crippen molar-refractivity contribution in [2.75, 3.05) is 18.2 Å². The van der Waals surface area contributed by atoms with E-state index in [1.807, 2.05) is 61.7 Å². The Kier molecular flexibility index (Phi) is 5.72. The lowest BCUT2D eigenvalue weighted by atomic mass is 10.1. The van der Waals surface area contributed by atoms with Crippen molar-refractivity contribution in [3.8, 4) is 17.0 Å². The summed E-state index contributed by atoms with van der Waals surface area (Å²) in [6.07, 6.45) is 3.50. The number of anilines is 1. The highest BCUT2D eigenvalue weighted by Crippen LogP contribution is 2.27.